The van der Waals surface area contributed by atoms with Crippen molar-refractivity contribution in [3.63, 3.8) is 0 Å². The molecule has 0 unspecified atom stereocenters. The summed E-state index contributed by atoms with van der Waals surface area (Å²) in [6.07, 6.45) is 1.81. The summed E-state index contributed by atoms with van der Waals surface area (Å²) in [5.41, 5.74) is 3.87. The second-order valence-electron chi connectivity index (χ2n) is 7.23. The number of amides is 2. The molecule has 2 aromatic carbocycles. The monoisotopic (exact) mass is 429 g/mol. The smallest absolute Gasteiger partial charge is 0.293 e. The summed E-state index contributed by atoms with van der Waals surface area (Å²) >= 11 is 6.89. The molecule has 2 aromatic rings. The summed E-state index contributed by atoms with van der Waals surface area (Å²) in [5, 5.41) is 0.360. The molecular formula is C23H24ClNO3S. The van der Waals surface area contributed by atoms with E-state index in [0.29, 0.717) is 16.5 Å². The zero-order chi connectivity index (χ0) is 21.1. The van der Waals surface area contributed by atoms with Gasteiger partial charge in [0.1, 0.15) is 5.75 Å². The minimum absolute atomic E-state index is 0.235. The van der Waals surface area contributed by atoms with Crippen molar-refractivity contribution in [1.29, 1.82) is 0 Å². The van der Waals surface area contributed by atoms with Gasteiger partial charge in [0.05, 0.1) is 18.1 Å². The van der Waals surface area contributed by atoms with Crippen molar-refractivity contribution in [2.24, 2.45) is 0 Å². The van der Waals surface area contributed by atoms with Crippen LogP contribution in [0.3, 0.4) is 0 Å². The lowest BCUT2D eigenvalue weighted by Crippen LogP contribution is -2.27. The molecule has 1 aliphatic heterocycles. The second-order valence-corrected chi connectivity index (χ2v) is 8.66. The van der Waals surface area contributed by atoms with Crippen LogP contribution in [0.2, 0.25) is 5.02 Å². The van der Waals surface area contributed by atoms with Gasteiger partial charge in [-0.05, 0) is 84.1 Å². The van der Waals surface area contributed by atoms with Gasteiger partial charge in [0.2, 0.25) is 0 Å². The third kappa shape index (κ3) is 4.85. The second kappa shape index (κ2) is 9.06. The van der Waals surface area contributed by atoms with Gasteiger partial charge in [-0.3, -0.25) is 14.5 Å². The van der Waals surface area contributed by atoms with E-state index in [4.69, 9.17) is 16.3 Å². The van der Waals surface area contributed by atoms with Gasteiger partial charge >= 0.3 is 0 Å². The number of thioether (sulfide) groups is 1. The predicted octanol–water partition coefficient (Wildman–Crippen LogP) is 6.41. The normalized spacial score (nSPS) is 15.7. The van der Waals surface area contributed by atoms with Gasteiger partial charge in [0.25, 0.3) is 11.1 Å². The molecule has 0 spiro atoms. The summed E-state index contributed by atoms with van der Waals surface area (Å²) in [6, 6.07) is 11.2. The van der Waals surface area contributed by atoms with Crippen LogP contribution < -0.4 is 4.74 Å². The van der Waals surface area contributed by atoms with E-state index >= 15 is 0 Å². The van der Waals surface area contributed by atoms with Gasteiger partial charge in [-0.25, -0.2) is 0 Å². The molecule has 6 heteroatoms. The van der Waals surface area contributed by atoms with Crippen LogP contribution in [-0.2, 0) is 11.3 Å². The van der Waals surface area contributed by atoms with Crippen LogP contribution >= 0.6 is 23.4 Å². The molecule has 0 radical (unpaired) electrons. The van der Waals surface area contributed by atoms with Gasteiger partial charge in [-0.1, -0.05) is 37.6 Å². The van der Waals surface area contributed by atoms with E-state index in [-0.39, 0.29) is 23.6 Å². The Hall–Kier alpha value is -2.24. The fraction of sp³-hybridized carbons (Fsp3) is 0.304. The first-order valence-corrected chi connectivity index (χ1v) is 10.8. The number of ether oxygens (including phenoxy) is 1. The number of hydrogen-bond donors (Lipinski definition) is 0. The summed E-state index contributed by atoms with van der Waals surface area (Å²) < 4.78 is 5.77. The Bertz CT molecular complexity index is 967. The highest BCUT2D eigenvalue weighted by molar-refractivity contribution is 8.18. The van der Waals surface area contributed by atoms with E-state index < -0.39 is 0 Å². The van der Waals surface area contributed by atoms with Crippen molar-refractivity contribution in [3.05, 3.63) is 68.6 Å². The number of aryl methyl sites for hydroxylation is 1. The van der Waals surface area contributed by atoms with Crippen molar-refractivity contribution in [3.8, 4) is 5.75 Å². The molecule has 0 aliphatic carbocycles. The Balaban J connectivity index is 1.89. The lowest BCUT2D eigenvalue weighted by molar-refractivity contribution is -0.123. The Morgan fingerprint density at radius 1 is 1.17 bits per heavy atom. The average molecular weight is 430 g/mol. The van der Waals surface area contributed by atoms with Crippen LogP contribution in [-0.4, -0.2) is 22.7 Å². The average Bonchev–Trinajstić information content (AvgIpc) is 2.93. The van der Waals surface area contributed by atoms with Crippen molar-refractivity contribution in [1.82, 2.24) is 4.90 Å². The number of carbonyl (C=O) groups excluding carboxylic acids is 2. The Morgan fingerprint density at radius 3 is 2.48 bits per heavy atom. The van der Waals surface area contributed by atoms with Gasteiger partial charge < -0.3 is 4.74 Å². The minimum atomic E-state index is -0.269. The van der Waals surface area contributed by atoms with Crippen LogP contribution in [0, 0.1) is 6.92 Å². The molecule has 2 amide bonds. The lowest BCUT2D eigenvalue weighted by atomic mass is 9.96. The predicted molar refractivity (Wildman–Crippen MR) is 119 cm³/mol. The highest BCUT2D eigenvalue weighted by atomic mass is 35.5. The minimum Gasteiger partial charge on any atom is -0.494 e. The number of benzene rings is 2. The summed E-state index contributed by atoms with van der Waals surface area (Å²) in [4.78, 5) is 27.0. The summed E-state index contributed by atoms with van der Waals surface area (Å²) in [6.45, 7) is 9.00. The van der Waals surface area contributed by atoms with Gasteiger partial charge in [0, 0.05) is 5.02 Å². The van der Waals surface area contributed by atoms with Gasteiger partial charge in [-0.2, -0.15) is 0 Å². The van der Waals surface area contributed by atoms with E-state index in [9.17, 15) is 9.59 Å². The van der Waals surface area contributed by atoms with Gasteiger partial charge in [0.15, 0.2) is 0 Å². The first-order chi connectivity index (χ1) is 13.8. The summed E-state index contributed by atoms with van der Waals surface area (Å²) in [5.74, 6) is 0.881. The molecule has 0 atom stereocenters. The topological polar surface area (TPSA) is 46.6 Å². The molecule has 4 nitrogen and oxygen atoms in total. The van der Waals surface area contributed by atoms with E-state index in [1.165, 1.54) is 4.90 Å². The molecule has 29 heavy (non-hydrogen) atoms. The number of nitrogens with zero attached hydrogens (tertiary/aromatic N) is 1. The largest absolute Gasteiger partial charge is 0.494 e. The van der Waals surface area contributed by atoms with Crippen LogP contribution in [0.25, 0.3) is 6.08 Å². The molecule has 3 rings (SSSR count). The number of carbonyl (C=O) groups is 2. The Morgan fingerprint density at radius 2 is 1.86 bits per heavy atom. The number of halogens is 1. The zero-order valence-corrected chi connectivity index (χ0v) is 18.6. The third-order valence-electron chi connectivity index (χ3n) is 4.73. The molecule has 1 heterocycles. The fourth-order valence-corrected chi connectivity index (χ4v) is 4.11. The molecular weight excluding hydrogens is 406 g/mol. The molecule has 152 valence electrons. The van der Waals surface area contributed by atoms with Crippen LogP contribution in [0.15, 0.2) is 41.3 Å². The van der Waals surface area contributed by atoms with Crippen molar-refractivity contribution in [2.75, 3.05) is 6.61 Å². The zero-order valence-electron chi connectivity index (χ0n) is 17.0. The van der Waals surface area contributed by atoms with E-state index in [1.807, 2.05) is 38.1 Å². The highest BCUT2D eigenvalue weighted by Crippen LogP contribution is 2.36. The van der Waals surface area contributed by atoms with E-state index in [1.54, 1.807) is 12.1 Å². The number of imide groups is 1. The molecule has 1 saturated heterocycles. The lowest BCUT2D eigenvalue weighted by Gasteiger charge is -2.16. The van der Waals surface area contributed by atoms with Crippen LogP contribution in [0.5, 0.6) is 5.75 Å². The van der Waals surface area contributed by atoms with Gasteiger partial charge in [-0.15, -0.1) is 0 Å². The van der Waals surface area contributed by atoms with Crippen molar-refractivity contribution >= 4 is 40.6 Å². The maximum Gasteiger partial charge on any atom is 0.293 e. The molecule has 0 N–H and O–H groups in total. The first-order valence-electron chi connectivity index (χ1n) is 9.57. The van der Waals surface area contributed by atoms with Crippen molar-refractivity contribution in [2.45, 2.75) is 40.2 Å². The van der Waals surface area contributed by atoms with E-state index in [0.717, 1.165) is 39.8 Å². The standard InChI is InChI=1S/C23H24ClNO3S/c1-5-28-20-10-15(4)17(11-19(20)14(2)3)12-21-22(26)25(23(27)29-21)13-16-6-8-18(24)9-7-16/h6-12,14H,5,13H2,1-4H3/b21-12-. The molecule has 1 fully saturated rings. The summed E-state index contributed by atoms with van der Waals surface area (Å²) in [7, 11) is 0. The Labute approximate surface area is 180 Å². The first kappa shape index (κ1) is 21.5. The molecule has 0 saturated carbocycles. The fourth-order valence-electron chi connectivity index (χ4n) is 3.15. The SMILES string of the molecule is CCOc1cc(C)c(/C=C2\SC(=O)N(Cc3ccc(Cl)cc3)C2=O)cc1C(C)C. The highest BCUT2D eigenvalue weighted by Gasteiger charge is 2.35. The Kier molecular flexibility index (Phi) is 6.70. The van der Waals surface area contributed by atoms with Crippen LogP contribution in [0.1, 0.15) is 48.9 Å². The number of hydrogen-bond acceptors (Lipinski definition) is 4. The molecule has 1 aliphatic rings. The maximum absolute atomic E-state index is 12.9. The quantitative estimate of drug-likeness (QED) is 0.498. The van der Waals surface area contributed by atoms with E-state index in [2.05, 4.69) is 19.9 Å². The van der Waals surface area contributed by atoms with Crippen molar-refractivity contribution < 1.29 is 14.3 Å². The maximum atomic E-state index is 12.9. The number of rotatable bonds is 6. The third-order valence-corrected chi connectivity index (χ3v) is 5.89. The molecule has 0 aromatic heterocycles. The molecule has 0 bridgehead atoms. The van der Waals surface area contributed by atoms with Crippen LogP contribution in [0.4, 0.5) is 4.79 Å².